The smallest absolute Gasteiger partial charge is 0.319 e. The van der Waals surface area contributed by atoms with E-state index in [1.54, 1.807) is 15.6 Å². The fraction of sp³-hybridized carbons (Fsp3) is 0.500. The summed E-state index contributed by atoms with van der Waals surface area (Å²) in [7, 11) is 1.28. The fourth-order valence-electron chi connectivity index (χ4n) is 5.91. The molecular formula is C24H25BrF3N7O3. The predicted molar refractivity (Wildman–Crippen MR) is 134 cm³/mol. The molecule has 0 bridgehead atoms. The minimum Gasteiger partial charge on any atom is -0.493 e. The summed E-state index contributed by atoms with van der Waals surface area (Å²) >= 11 is 2.96. The second kappa shape index (κ2) is 9.26. The number of nitrogens with zero attached hydrogens (tertiary/aromatic N) is 6. The van der Waals surface area contributed by atoms with Gasteiger partial charge in [-0.1, -0.05) is 0 Å². The third-order valence-electron chi connectivity index (χ3n) is 7.67. The van der Waals surface area contributed by atoms with Crippen molar-refractivity contribution in [1.82, 2.24) is 24.6 Å². The van der Waals surface area contributed by atoms with Gasteiger partial charge in [0.25, 0.3) is 5.91 Å². The van der Waals surface area contributed by atoms with Gasteiger partial charge in [-0.2, -0.15) is 15.1 Å². The molecule has 2 saturated heterocycles. The Morgan fingerprint density at radius 3 is 2.84 bits per heavy atom. The zero-order valence-corrected chi connectivity index (χ0v) is 22.1. The maximum atomic E-state index is 15.4. The van der Waals surface area contributed by atoms with E-state index in [1.807, 2.05) is 0 Å². The summed E-state index contributed by atoms with van der Waals surface area (Å²) in [6.07, 6.45) is 1.14. The number of benzene rings is 1. The van der Waals surface area contributed by atoms with Crippen LogP contribution >= 0.6 is 15.9 Å². The molecule has 202 valence electrons. The molecule has 2 aromatic heterocycles. The van der Waals surface area contributed by atoms with Crippen LogP contribution < -0.4 is 20.1 Å². The molecule has 2 atom stereocenters. The average Bonchev–Trinajstić information content (AvgIpc) is 3.58. The van der Waals surface area contributed by atoms with E-state index in [0.717, 1.165) is 19.4 Å². The summed E-state index contributed by atoms with van der Waals surface area (Å²) in [5, 5.41) is 4.26. The van der Waals surface area contributed by atoms with E-state index in [4.69, 9.17) is 15.2 Å². The number of anilines is 1. The lowest BCUT2D eigenvalue weighted by Crippen LogP contribution is -2.43. The van der Waals surface area contributed by atoms with E-state index < -0.39 is 33.7 Å². The first-order chi connectivity index (χ1) is 18.2. The number of carbonyl (C=O) groups excluding carboxylic acids is 1. The number of halogens is 4. The van der Waals surface area contributed by atoms with E-state index in [1.165, 1.54) is 7.11 Å². The van der Waals surface area contributed by atoms with Gasteiger partial charge >= 0.3 is 6.01 Å². The van der Waals surface area contributed by atoms with Crippen LogP contribution in [-0.2, 0) is 13.1 Å². The topological polar surface area (TPSA) is 112 Å². The molecular weight excluding hydrogens is 571 g/mol. The van der Waals surface area contributed by atoms with Crippen molar-refractivity contribution in [2.45, 2.75) is 44.1 Å². The van der Waals surface area contributed by atoms with Crippen molar-refractivity contribution < 1.29 is 27.4 Å². The highest BCUT2D eigenvalue weighted by Crippen LogP contribution is 2.43. The van der Waals surface area contributed by atoms with Crippen molar-refractivity contribution in [1.29, 1.82) is 0 Å². The molecule has 2 N–H and O–H groups in total. The largest absolute Gasteiger partial charge is 0.493 e. The molecule has 1 aromatic carbocycles. The first-order valence-electron chi connectivity index (χ1n) is 12.3. The number of amides is 1. The van der Waals surface area contributed by atoms with Crippen molar-refractivity contribution in [3.8, 4) is 11.8 Å². The van der Waals surface area contributed by atoms with Crippen LogP contribution in [0.15, 0.2) is 10.5 Å². The van der Waals surface area contributed by atoms with Gasteiger partial charge in [0, 0.05) is 19.5 Å². The number of hydrogen-bond donors (Lipinski definition) is 1. The van der Waals surface area contributed by atoms with E-state index >= 15 is 8.78 Å². The Bertz CT molecular complexity index is 1450. The van der Waals surface area contributed by atoms with Gasteiger partial charge in [-0.05, 0) is 41.4 Å². The van der Waals surface area contributed by atoms with E-state index in [-0.39, 0.29) is 47.3 Å². The third kappa shape index (κ3) is 3.96. The Hall–Kier alpha value is -3.13. The standard InChI is InChI=1S/C24H25BrF3N7O3/c1-37-20-15-19(17(27)16(25)18(20)28)30-23(38-11-24-3-2-4-34(24)9-12(26)8-24)31-22(15)33-5-6-35-13(10-33)7-14(32-35)21(29)36/h7,12H,2-6,8-11H2,1H3,(H2,29,36)/t12-,24?/m1/s1. The lowest BCUT2D eigenvalue weighted by Gasteiger charge is -2.32. The van der Waals surface area contributed by atoms with Crippen molar-refractivity contribution in [3.05, 3.63) is 33.6 Å². The molecule has 2 fully saturated rings. The van der Waals surface area contributed by atoms with Gasteiger partial charge in [0.1, 0.15) is 29.8 Å². The first kappa shape index (κ1) is 25.2. The molecule has 10 nitrogen and oxygen atoms in total. The summed E-state index contributed by atoms with van der Waals surface area (Å²) in [5.74, 6) is -2.51. The third-order valence-corrected chi connectivity index (χ3v) is 8.37. The Morgan fingerprint density at radius 2 is 2.08 bits per heavy atom. The zero-order chi connectivity index (χ0) is 26.8. The first-order valence-corrected chi connectivity index (χ1v) is 13.1. The molecule has 14 heteroatoms. The summed E-state index contributed by atoms with van der Waals surface area (Å²) in [5.41, 5.74) is 5.55. The molecule has 1 amide bonds. The summed E-state index contributed by atoms with van der Waals surface area (Å²) in [4.78, 5) is 24.4. The Balaban J connectivity index is 1.43. The number of rotatable bonds is 6. The summed E-state index contributed by atoms with van der Waals surface area (Å²) in [6, 6.07) is 1.47. The highest BCUT2D eigenvalue weighted by atomic mass is 79.9. The number of carbonyl (C=O) groups is 1. The summed E-state index contributed by atoms with van der Waals surface area (Å²) < 4.78 is 57.3. The molecule has 0 aliphatic carbocycles. The van der Waals surface area contributed by atoms with Crippen LogP contribution in [0.5, 0.6) is 11.8 Å². The van der Waals surface area contributed by atoms with Crippen molar-refractivity contribution in [2.24, 2.45) is 5.73 Å². The van der Waals surface area contributed by atoms with Crippen LogP contribution in [-0.4, -0.2) is 75.6 Å². The summed E-state index contributed by atoms with van der Waals surface area (Å²) in [6.45, 7) is 2.27. The molecule has 6 rings (SSSR count). The van der Waals surface area contributed by atoms with Crippen molar-refractivity contribution in [3.63, 3.8) is 0 Å². The zero-order valence-electron chi connectivity index (χ0n) is 20.5. The lowest BCUT2D eigenvalue weighted by atomic mass is 9.95. The number of fused-ring (bicyclic) bond motifs is 3. The van der Waals surface area contributed by atoms with Gasteiger partial charge in [0.05, 0.1) is 41.3 Å². The molecule has 1 unspecified atom stereocenters. The molecule has 0 radical (unpaired) electrons. The van der Waals surface area contributed by atoms with E-state index in [0.29, 0.717) is 31.7 Å². The molecule has 3 aromatic rings. The number of methoxy groups -OCH3 is 1. The molecule has 38 heavy (non-hydrogen) atoms. The second-order valence-electron chi connectivity index (χ2n) is 9.92. The van der Waals surface area contributed by atoms with Gasteiger partial charge < -0.3 is 20.1 Å². The number of alkyl halides is 1. The minimum atomic E-state index is -0.934. The number of ether oxygens (including phenoxy) is 2. The van der Waals surface area contributed by atoms with Gasteiger partial charge in [0.2, 0.25) is 0 Å². The number of nitrogens with two attached hydrogens (primary N) is 1. The Kier molecular flexibility index (Phi) is 6.13. The molecule has 0 saturated carbocycles. The van der Waals surface area contributed by atoms with Crippen LogP contribution in [0.3, 0.4) is 0 Å². The number of primary amides is 1. The molecule has 3 aliphatic rings. The lowest BCUT2D eigenvalue weighted by molar-refractivity contribution is 0.0994. The Morgan fingerprint density at radius 1 is 1.26 bits per heavy atom. The SMILES string of the molecule is COc1c(F)c(Br)c(F)c2nc(OCC34CCCN3C[C@H](F)C4)nc(N3CCn4nc(C(N)=O)cc4C3)c12. The number of hydrogen-bond acceptors (Lipinski definition) is 8. The maximum Gasteiger partial charge on any atom is 0.319 e. The average molecular weight is 596 g/mol. The van der Waals surface area contributed by atoms with Crippen LogP contribution in [0.4, 0.5) is 19.0 Å². The van der Waals surface area contributed by atoms with E-state index in [9.17, 15) is 9.18 Å². The number of aromatic nitrogens is 4. The van der Waals surface area contributed by atoms with E-state index in [2.05, 4.69) is 35.9 Å². The van der Waals surface area contributed by atoms with Crippen LogP contribution in [0, 0.1) is 11.6 Å². The highest BCUT2D eigenvalue weighted by molar-refractivity contribution is 9.10. The quantitative estimate of drug-likeness (QED) is 0.433. The van der Waals surface area contributed by atoms with Crippen LogP contribution in [0.25, 0.3) is 10.9 Å². The van der Waals surface area contributed by atoms with Gasteiger partial charge in [-0.15, -0.1) is 0 Å². The maximum absolute atomic E-state index is 15.4. The molecule has 3 aliphatic heterocycles. The molecule has 0 spiro atoms. The van der Waals surface area contributed by atoms with Crippen LogP contribution in [0.2, 0.25) is 0 Å². The fourth-order valence-corrected chi connectivity index (χ4v) is 6.27. The normalized spacial score (nSPS) is 23.1. The molecule has 5 heterocycles. The van der Waals surface area contributed by atoms with Crippen molar-refractivity contribution in [2.75, 3.05) is 38.3 Å². The Labute approximate surface area is 224 Å². The highest BCUT2D eigenvalue weighted by Gasteiger charge is 2.49. The van der Waals surface area contributed by atoms with Crippen molar-refractivity contribution >= 4 is 38.6 Å². The van der Waals surface area contributed by atoms with Crippen LogP contribution in [0.1, 0.15) is 35.4 Å². The predicted octanol–water partition coefficient (Wildman–Crippen LogP) is 2.95. The van der Waals surface area contributed by atoms with Gasteiger partial charge in [-0.25, -0.2) is 13.2 Å². The second-order valence-corrected chi connectivity index (χ2v) is 10.7. The van der Waals surface area contributed by atoms with Gasteiger partial charge in [0.15, 0.2) is 17.4 Å². The minimum absolute atomic E-state index is 0.0477. The van der Waals surface area contributed by atoms with Gasteiger partial charge in [-0.3, -0.25) is 14.4 Å². The monoisotopic (exact) mass is 595 g/mol.